The number of hydrogen-bond donors (Lipinski definition) is 1. The van der Waals surface area contributed by atoms with E-state index in [4.69, 9.17) is 25.8 Å². The maximum absolute atomic E-state index is 14.3. The number of nitrogens with one attached hydrogen (secondary N) is 1. The molecule has 2 aromatic carbocycles. The second kappa shape index (κ2) is 10.8. The number of hydrogen-bond acceptors (Lipinski definition) is 7. The van der Waals surface area contributed by atoms with Crippen LogP contribution in [0.25, 0.3) is 11.3 Å². The Kier molecular flexibility index (Phi) is 7.61. The van der Waals surface area contributed by atoms with Crippen molar-refractivity contribution in [2.45, 2.75) is 6.04 Å². The summed E-state index contributed by atoms with van der Waals surface area (Å²) in [5, 5.41) is 2.51. The van der Waals surface area contributed by atoms with Gasteiger partial charge >= 0.3 is 0 Å². The lowest BCUT2D eigenvalue weighted by molar-refractivity contribution is -0.120. The van der Waals surface area contributed by atoms with Crippen LogP contribution in [0.5, 0.6) is 11.5 Å². The highest BCUT2D eigenvalue weighted by Crippen LogP contribution is 2.34. The molecule has 0 aliphatic carbocycles. The highest BCUT2D eigenvalue weighted by atomic mass is 35.5. The second-order valence-electron chi connectivity index (χ2n) is 7.72. The number of fused-ring (bicyclic) bond motifs is 1. The molecule has 1 unspecified atom stereocenters. The molecule has 2 amide bonds. The summed E-state index contributed by atoms with van der Waals surface area (Å²) in [7, 11) is 3.11. The highest BCUT2D eigenvalue weighted by Gasteiger charge is 2.32. The molecule has 0 saturated heterocycles. The molecule has 0 fully saturated rings. The first-order valence-electron chi connectivity index (χ1n) is 10.7. The Bertz CT molecular complexity index is 1310. The fraction of sp³-hybridized carbons (Fsp3) is 0.250. The molecule has 1 aliphatic heterocycles. The molecular weight excluding hydrogens is 498 g/mol. The summed E-state index contributed by atoms with van der Waals surface area (Å²) in [6, 6.07) is 6.82. The van der Waals surface area contributed by atoms with E-state index in [1.165, 1.54) is 4.90 Å². The number of ether oxygens (including phenoxy) is 3. The van der Waals surface area contributed by atoms with Crippen molar-refractivity contribution < 1.29 is 32.6 Å². The van der Waals surface area contributed by atoms with E-state index < -0.39 is 29.5 Å². The third-order valence-corrected chi connectivity index (χ3v) is 5.60. The maximum atomic E-state index is 14.3. The van der Waals surface area contributed by atoms with Crippen molar-refractivity contribution in [3.05, 3.63) is 65.1 Å². The molecule has 3 aromatic rings. The first kappa shape index (κ1) is 25.3. The second-order valence-corrected chi connectivity index (χ2v) is 8.13. The Labute approximate surface area is 210 Å². The van der Waals surface area contributed by atoms with Gasteiger partial charge in [-0.2, -0.15) is 0 Å². The van der Waals surface area contributed by atoms with Crippen molar-refractivity contribution in [2.75, 3.05) is 38.9 Å². The number of likely N-dealkylation sites (N-methyl/N-ethyl adjacent to an activating group) is 1. The molecule has 1 aliphatic rings. The van der Waals surface area contributed by atoms with Gasteiger partial charge in [0, 0.05) is 31.9 Å². The number of aromatic nitrogens is 2. The van der Waals surface area contributed by atoms with Gasteiger partial charge in [-0.3, -0.25) is 9.59 Å². The van der Waals surface area contributed by atoms with E-state index in [2.05, 4.69) is 15.3 Å². The zero-order valence-corrected chi connectivity index (χ0v) is 20.0. The van der Waals surface area contributed by atoms with Crippen molar-refractivity contribution in [3.63, 3.8) is 0 Å². The Morgan fingerprint density at radius 1 is 1.25 bits per heavy atom. The molecule has 12 heteroatoms. The van der Waals surface area contributed by atoms with Crippen LogP contribution in [0.2, 0.25) is 5.02 Å². The van der Waals surface area contributed by atoms with Gasteiger partial charge in [0.15, 0.2) is 0 Å². The fourth-order valence-electron chi connectivity index (χ4n) is 3.48. The molecule has 0 saturated carbocycles. The summed E-state index contributed by atoms with van der Waals surface area (Å²) in [6.07, 6.45) is 1.13. The van der Waals surface area contributed by atoms with E-state index in [-0.39, 0.29) is 28.7 Å². The quantitative estimate of drug-likeness (QED) is 0.479. The fourth-order valence-corrected chi connectivity index (χ4v) is 3.68. The third-order valence-electron chi connectivity index (χ3n) is 5.32. The maximum Gasteiger partial charge on any atom is 0.289 e. The molecule has 9 nitrogen and oxygen atoms in total. The van der Waals surface area contributed by atoms with E-state index in [0.29, 0.717) is 36.5 Å². The predicted octanol–water partition coefficient (Wildman–Crippen LogP) is 3.25. The number of methoxy groups -OCH3 is 1. The van der Waals surface area contributed by atoms with Crippen LogP contribution in [0.3, 0.4) is 0 Å². The van der Waals surface area contributed by atoms with Crippen molar-refractivity contribution >= 4 is 29.1 Å². The molecule has 188 valence electrons. The lowest BCUT2D eigenvalue weighted by atomic mass is 10.1. The van der Waals surface area contributed by atoms with Crippen molar-refractivity contribution in [1.82, 2.24) is 15.3 Å². The Balaban J connectivity index is 1.52. The van der Waals surface area contributed by atoms with Crippen LogP contribution in [-0.2, 0) is 9.53 Å². The van der Waals surface area contributed by atoms with Crippen LogP contribution < -0.4 is 19.7 Å². The zero-order chi connectivity index (χ0) is 25.8. The number of benzene rings is 2. The molecule has 2 heterocycles. The van der Waals surface area contributed by atoms with Crippen LogP contribution in [0.1, 0.15) is 10.6 Å². The van der Waals surface area contributed by atoms with E-state index in [1.807, 2.05) is 0 Å². The van der Waals surface area contributed by atoms with Crippen molar-refractivity contribution in [2.24, 2.45) is 0 Å². The molecule has 0 radical (unpaired) electrons. The number of rotatable bonds is 7. The number of anilines is 1. The zero-order valence-electron chi connectivity index (χ0n) is 19.3. The minimum atomic E-state index is -1.07. The van der Waals surface area contributed by atoms with Gasteiger partial charge < -0.3 is 24.4 Å². The first-order valence-corrected chi connectivity index (χ1v) is 11.1. The molecule has 36 heavy (non-hydrogen) atoms. The normalized spacial score (nSPS) is 15.1. The van der Waals surface area contributed by atoms with Gasteiger partial charge in [-0.25, -0.2) is 18.7 Å². The van der Waals surface area contributed by atoms with Crippen LogP contribution in [0.15, 0.2) is 42.6 Å². The van der Waals surface area contributed by atoms with Crippen molar-refractivity contribution in [3.8, 4) is 22.8 Å². The predicted molar refractivity (Wildman–Crippen MR) is 126 cm³/mol. The minimum Gasteiger partial charge on any atom is -0.491 e. The standard InChI is InChI=1S/C24H21ClF2N4O5/c1-31-19-10-14(35-8-7-34-2)4-6-20(19)36-12-18(24(31)33)29-23(32)22-28-11-16(25)21(30-22)15-5-3-13(26)9-17(15)27/h3-6,9-11,18H,7-8,12H2,1-2H3,(H,29,32). The summed E-state index contributed by atoms with van der Waals surface area (Å²) in [4.78, 5) is 35.3. The van der Waals surface area contributed by atoms with Gasteiger partial charge in [0.1, 0.15) is 42.4 Å². The highest BCUT2D eigenvalue weighted by molar-refractivity contribution is 6.33. The molecule has 1 aromatic heterocycles. The van der Waals surface area contributed by atoms with Gasteiger partial charge in [0.2, 0.25) is 5.82 Å². The first-order chi connectivity index (χ1) is 17.3. The monoisotopic (exact) mass is 518 g/mol. The van der Waals surface area contributed by atoms with Gasteiger partial charge in [-0.1, -0.05) is 11.6 Å². The number of halogens is 3. The lowest BCUT2D eigenvalue weighted by Crippen LogP contribution is -2.49. The molecule has 0 bridgehead atoms. The molecule has 1 atom stereocenters. The average Bonchev–Trinajstić information content (AvgIpc) is 2.97. The Hall–Kier alpha value is -3.83. The van der Waals surface area contributed by atoms with Gasteiger partial charge in [-0.15, -0.1) is 0 Å². The van der Waals surface area contributed by atoms with Crippen LogP contribution in [0.4, 0.5) is 14.5 Å². The molecule has 0 spiro atoms. The van der Waals surface area contributed by atoms with E-state index in [0.717, 1.165) is 18.3 Å². The number of nitrogens with zero attached hydrogens (tertiary/aromatic N) is 3. The number of carbonyl (C=O) groups is 2. The topological polar surface area (TPSA) is 103 Å². The van der Waals surface area contributed by atoms with E-state index in [1.54, 1.807) is 32.4 Å². The Morgan fingerprint density at radius 3 is 2.81 bits per heavy atom. The lowest BCUT2D eigenvalue weighted by Gasteiger charge is -2.20. The van der Waals surface area contributed by atoms with Crippen molar-refractivity contribution in [1.29, 1.82) is 0 Å². The smallest absolute Gasteiger partial charge is 0.289 e. The van der Waals surface area contributed by atoms with E-state index >= 15 is 0 Å². The summed E-state index contributed by atoms with van der Waals surface area (Å²) in [5.74, 6) is -2.34. The SMILES string of the molecule is COCCOc1ccc2c(c1)N(C)C(=O)C(NC(=O)c1ncc(Cl)c(-c3ccc(F)cc3F)n1)CO2. The summed E-state index contributed by atoms with van der Waals surface area (Å²) in [6.45, 7) is 0.578. The van der Waals surface area contributed by atoms with Gasteiger partial charge in [-0.05, 0) is 24.3 Å². The van der Waals surface area contributed by atoms with Gasteiger partial charge in [0.05, 0.1) is 29.2 Å². The minimum absolute atomic E-state index is 0.0374. The average molecular weight is 519 g/mol. The number of amides is 2. The summed E-state index contributed by atoms with van der Waals surface area (Å²) < 4.78 is 43.9. The van der Waals surface area contributed by atoms with Crippen LogP contribution in [0, 0.1) is 11.6 Å². The van der Waals surface area contributed by atoms with Gasteiger partial charge in [0.25, 0.3) is 11.8 Å². The largest absolute Gasteiger partial charge is 0.491 e. The number of carbonyl (C=O) groups excluding carboxylic acids is 2. The van der Waals surface area contributed by atoms with E-state index in [9.17, 15) is 18.4 Å². The summed E-state index contributed by atoms with van der Waals surface area (Å²) in [5.41, 5.74) is 0.261. The molecule has 4 rings (SSSR count). The Morgan fingerprint density at radius 2 is 2.06 bits per heavy atom. The third kappa shape index (κ3) is 5.37. The molecule has 1 N–H and O–H groups in total. The summed E-state index contributed by atoms with van der Waals surface area (Å²) >= 11 is 6.09. The van der Waals surface area contributed by atoms with Crippen LogP contribution >= 0.6 is 11.6 Å². The van der Waals surface area contributed by atoms with Crippen LogP contribution in [-0.4, -0.2) is 61.8 Å². The molecular formula is C24H21ClF2N4O5.